The summed E-state index contributed by atoms with van der Waals surface area (Å²) in [6.07, 6.45) is 0.511. The molecule has 3 rings (SSSR count). The molecule has 1 aromatic heterocycles. The molecule has 1 aliphatic heterocycles. The SMILES string of the molecule is COc1cc2nc(Cl)nc(NC3CCN(C(=O)O)CC3)c2cc1OC. The van der Waals surface area contributed by atoms with Gasteiger partial charge in [0, 0.05) is 30.6 Å². The number of methoxy groups -OCH3 is 2. The number of nitrogens with zero attached hydrogens (tertiary/aromatic N) is 3. The molecule has 2 aromatic rings. The molecule has 0 aliphatic carbocycles. The van der Waals surface area contributed by atoms with Crippen LogP contribution in [0.1, 0.15) is 12.8 Å². The third kappa shape index (κ3) is 3.63. The van der Waals surface area contributed by atoms with Crippen LogP contribution in [0.4, 0.5) is 10.6 Å². The minimum absolute atomic E-state index is 0.109. The summed E-state index contributed by atoms with van der Waals surface area (Å²) in [5.74, 6) is 1.74. The molecular formula is C16H19ClN4O4. The van der Waals surface area contributed by atoms with Gasteiger partial charge in [-0.2, -0.15) is 0 Å². The fourth-order valence-corrected chi connectivity index (χ4v) is 3.12. The van der Waals surface area contributed by atoms with Crippen LogP contribution in [0.2, 0.25) is 5.28 Å². The quantitative estimate of drug-likeness (QED) is 0.803. The highest BCUT2D eigenvalue weighted by Gasteiger charge is 2.23. The van der Waals surface area contributed by atoms with E-state index in [0.29, 0.717) is 48.8 Å². The van der Waals surface area contributed by atoms with Crippen LogP contribution in [0, 0.1) is 0 Å². The molecule has 1 aliphatic rings. The summed E-state index contributed by atoms with van der Waals surface area (Å²) in [5, 5.41) is 13.3. The van der Waals surface area contributed by atoms with Gasteiger partial charge >= 0.3 is 6.09 Å². The van der Waals surface area contributed by atoms with Gasteiger partial charge in [-0.1, -0.05) is 0 Å². The number of fused-ring (bicyclic) bond motifs is 1. The molecule has 134 valence electrons. The molecule has 1 amide bonds. The number of nitrogens with one attached hydrogen (secondary N) is 1. The number of amides is 1. The van der Waals surface area contributed by atoms with Gasteiger partial charge in [-0.25, -0.2) is 14.8 Å². The van der Waals surface area contributed by atoms with E-state index in [1.165, 1.54) is 4.90 Å². The number of hydrogen-bond donors (Lipinski definition) is 2. The van der Waals surface area contributed by atoms with Crippen molar-refractivity contribution in [1.29, 1.82) is 0 Å². The van der Waals surface area contributed by atoms with Gasteiger partial charge in [0.05, 0.1) is 19.7 Å². The van der Waals surface area contributed by atoms with E-state index in [0.717, 1.165) is 5.39 Å². The number of anilines is 1. The highest BCUT2D eigenvalue weighted by molar-refractivity contribution is 6.28. The van der Waals surface area contributed by atoms with Crippen LogP contribution in [0.15, 0.2) is 12.1 Å². The molecule has 2 heterocycles. The average molecular weight is 367 g/mol. The normalized spacial score (nSPS) is 15.2. The molecule has 0 bridgehead atoms. The fraction of sp³-hybridized carbons (Fsp3) is 0.438. The molecule has 0 spiro atoms. The van der Waals surface area contributed by atoms with Crippen LogP contribution in [0.3, 0.4) is 0 Å². The van der Waals surface area contributed by atoms with Crippen LogP contribution in [-0.2, 0) is 0 Å². The highest BCUT2D eigenvalue weighted by Crippen LogP contribution is 2.35. The number of benzene rings is 1. The summed E-state index contributed by atoms with van der Waals surface area (Å²) in [5.41, 5.74) is 0.642. The lowest BCUT2D eigenvalue weighted by molar-refractivity contribution is 0.134. The summed E-state index contributed by atoms with van der Waals surface area (Å²) in [6.45, 7) is 0.974. The van der Waals surface area contributed by atoms with E-state index in [1.54, 1.807) is 26.4 Å². The summed E-state index contributed by atoms with van der Waals surface area (Å²) >= 11 is 6.06. The maximum atomic E-state index is 11.0. The number of hydrogen-bond acceptors (Lipinski definition) is 6. The van der Waals surface area contributed by atoms with Crippen molar-refractivity contribution in [3.63, 3.8) is 0 Å². The standard InChI is InChI=1S/C16H19ClN4O4/c1-24-12-7-10-11(8-13(12)25-2)19-15(17)20-14(10)18-9-3-5-21(6-4-9)16(22)23/h7-9H,3-6H2,1-2H3,(H,22,23)(H,18,19,20). The Morgan fingerprint density at radius 2 is 1.88 bits per heavy atom. The summed E-state index contributed by atoms with van der Waals surface area (Å²) in [6, 6.07) is 3.66. The van der Waals surface area contributed by atoms with Crippen molar-refractivity contribution in [2.45, 2.75) is 18.9 Å². The van der Waals surface area contributed by atoms with Gasteiger partial charge in [-0.3, -0.25) is 0 Å². The van der Waals surface area contributed by atoms with Crippen LogP contribution < -0.4 is 14.8 Å². The van der Waals surface area contributed by atoms with Crippen molar-refractivity contribution in [2.24, 2.45) is 0 Å². The molecule has 25 heavy (non-hydrogen) atoms. The number of likely N-dealkylation sites (tertiary alicyclic amines) is 1. The van der Waals surface area contributed by atoms with Gasteiger partial charge in [0.25, 0.3) is 0 Å². The van der Waals surface area contributed by atoms with Gasteiger partial charge in [-0.15, -0.1) is 0 Å². The zero-order chi connectivity index (χ0) is 18.0. The molecule has 0 atom stereocenters. The molecule has 1 aromatic carbocycles. The number of carboxylic acid groups (broad SMARTS) is 1. The number of rotatable bonds is 4. The minimum atomic E-state index is -0.884. The zero-order valence-electron chi connectivity index (χ0n) is 14.0. The van der Waals surface area contributed by atoms with E-state index in [-0.39, 0.29) is 11.3 Å². The van der Waals surface area contributed by atoms with Gasteiger partial charge in [0.15, 0.2) is 11.5 Å². The third-order valence-corrected chi connectivity index (χ3v) is 4.45. The first kappa shape index (κ1) is 17.3. The Bertz CT molecular complexity index is 793. The van der Waals surface area contributed by atoms with Gasteiger partial charge < -0.3 is 24.8 Å². The first-order valence-corrected chi connectivity index (χ1v) is 8.23. The molecule has 0 saturated carbocycles. The first-order valence-electron chi connectivity index (χ1n) is 7.85. The Balaban J connectivity index is 1.89. The molecule has 8 nitrogen and oxygen atoms in total. The topological polar surface area (TPSA) is 96.8 Å². The van der Waals surface area contributed by atoms with Gasteiger partial charge in [-0.05, 0) is 30.5 Å². The van der Waals surface area contributed by atoms with Gasteiger partial charge in [0.1, 0.15) is 5.82 Å². The van der Waals surface area contributed by atoms with E-state index in [2.05, 4.69) is 15.3 Å². The summed E-state index contributed by atoms with van der Waals surface area (Å²) in [7, 11) is 3.12. The number of aromatic nitrogens is 2. The van der Waals surface area contributed by atoms with Crippen LogP contribution in [0.5, 0.6) is 11.5 Å². The first-order chi connectivity index (χ1) is 12.0. The summed E-state index contributed by atoms with van der Waals surface area (Å²) < 4.78 is 10.6. The lowest BCUT2D eigenvalue weighted by Crippen LogP contribution is -2.41. The molecule has 1 fully saturated rings. The van der Waals surface area contributed by atoms with Crippen molar-refractivity contribution < 1.29 is 19.4 Å². The minimum Gasteiger partial charge on any atom is -0.493 e. The van der Waals surface area contributed by atoms with Crippen LogP contribution >= 0.6 is 11.6 Å². The smallest absolute Gasteiger partial charge is 0.407 e. The number of halogens is 1. The maximum Gasteiger partial charge on any atom is 0.407 e. The molecule has 9 heteroatoms. The lowest BCUT2D eigenvalue weighted by Gasteiger charge is -2.31. The van der Waals surface area contributed by atoms with E-state index >= 15 is 0 Å². The Labute approximate surface area is 149 Å². The molecule has 0 radical (unpaired) electrons. The van der Waals surface area contributed by atoms with Crippen molar-refractivity contribution in [2.75, 3.05) is 32.6 Å². The predicted octanol–water partition coefficient (Wildman–Crippen LogP) is 2.85. The Hall–Kier alpha value is -2.48. The zero-order valence-corrected chi connectivity index (χ0v) is 14.7. The van der Waals surface area contributed by atoms with Crippen molar-refractivity contribution >= 4 is 34.4 Å². The van der Waals surface area contributed by atoms with Crippen molar-refractivity contribution in [3.05, 3.63) is 17.4 Å². The van der Waals surface area contributed by atoms with Crippen LogP contribution in [-0.4, -0.2) is 59.4 Å². The molecule has 0 unspecified atom stereocenters. The van der Waals surface area contributed by atoms with Crippen LogP contribution in [0.25, 0.3) is 10.9 Å². The number of carbonyl (C=O) groups is 1. The second kappa shape index (κ2) is 7.18. The summed E-state index contributed by atoms with van der Waals surface area (Å²) in [4.78, 5) is 21.0. The average Bonchev–Trinajstić information content (AvgIpc) is 2.61. The second-order valence-corrected chi connectivity index (χ2v) is 6.09. The molecule has 2 N–H and O–H groups in total. The maximum absolute atomic E-state index is 11.0. The van der Waals surface area contributed by atoms with Crippen molar-refractivity contribution in [3.8, 4) is 11.5 Å². The second-order valence-electron chi connectivity index (χ2n) is 5.75. The monoisotopic (exact) mass is 366 g/mol. The van der Waals surface area contributed by atoms with E-state index in [9.17, 15) is 4.79 Å². The third-order valence-electron chi connectivity index (χ3n) is 4.28. The van der Waals surface area contributed by atoms with Crippen molar-refractivity contribution in [1.82, 2.24) is 14.9 Å². The largest absolute Gasteiger partial charge is 0.493 e. The Morgan fingerprint density at radius 1 is 1.24 bits per heavy atom. The number of piperidine rings is 1. The molecular weight excluding hydrogens is 348 g/mol. The van der Waals surface area contributed by atoms with E-state index in [1.807, 2.05) is 0 Å². The predicted molar refractivity (Wildman–Crippen MR) is 93.9 cm³/mol. The lowest BCUT2D eigenvalue weighted by atomic mass is 10.1. The molecule has 1 saturated heterocycles. The Morgan fingerprint density at radius 3 is 2.48 bits per heavy atom. The number of ether oxygens (including phenoxy) is 2. The highest BCUT2D eigenvalue weighted by atomic mass is 35.5. The van der Waals surface area contributed by atoms with Gasteiger partial charge in [0.2, 0.25) is 5.28 Å². The van der Waals surface area contributed by atoms with E-state index < -0.39 is 6.09 Å². The Kier molecular flexibility index (Phi) is 4.98. The fourth-order valence-electron chi connectivity index (χ4n) is 2.95. The van der Waals surface area contributed by atoms with E-state index in [4.69, 9.17) is 26.2 Å².